The summed E-state index contributed by atoms with van der Waals surface area (Å²) in [5.74, 6) is -0.0191. The molecule has 1 saturated heterocycles. The number of nitrogens with zero attached hydrogens (tertiary/aromatic N) is 3. The molecule has 1 aromatic carbocycles. The number of hydrogen-bond acceptors (Lipinski definition) is 4. The Morgan fingerprint density at radius 2 is 2.27 bits per heavy atom. The fourth-order valence-corrected chi connectivity index (χ4v) is 3.78. The molecule has 138 valence electrons. The lowest BCUT2D eigenvalue weighted by atomic mass is 9.99. The van der Waals surface area contributed by atoms with E-state index in [1.54, 1.807) is 0 Å². The standard InChI is InChI=1S/C20H26N4O2/c25-20(19-4-1-13-26-19)22-18-6-5-16-7-12-23(15-17(16)14-18)9-3-11-24-10-2-8-21-24/h2,5-6,8,10,14,19H,1,3-4,7,9,11-13,15H2,(H,22,25)/t19-/m0/s1. The van der Waals surface area contributed by atoms with Gasteiger partial charge in [-0.25, -0.2) is 0 Å². The molecule has 26 heavy (non-hydrogen) atoms. The van der Waals surface area contributed by atoms with Gasteiger partial charge in [-0.3, -0.25) is 14.4 Å². The highest BCUT2D eigenvalue weighted by atomic mass is 16.5. The van der Waals surface area contributed by atoms with Gasteiger partial charge in [-0.2, -0.15) is 5.10 Å². The van der Waals surface area contributed by atoms with E-state index < -0.39 is 0 Å². The summed E-state index contributed by atoms with van der Waals surface area (Å²) in [5, 5.41) is 7.27. The van der Waals surface area contributed by atoms with Crippen molar-refractivity contribution in [1.82, 2.24) is 14.7 Å². The molecule has 1 N–H and O–H groups in total. The highest BCUT2D eigenvalue weighted by Crippen LogP contribution is 2.23. The summed E-state index contributed by atoms with van der Waals surface area (Å²) in [5.41, 5.74) is 3.59. The number of aromatic nitrogens is 2. The maximum Gasteiger partial charge on any atom is 0.253 e. The zero-order valence-electron chi connectivity index (χ0n) is 15.1. The Bertz CT molecular complexity index is 738. The van der Waals surface area contributed by atoms with Crippen molar-refractivity contribution in [3.05, 3.63) is 47.8 Å². The van der Waals surface area contributed by atoms with Gasteiger partial charge in [0, 0.05) is 50.9 Å². The molecule has 2 aliphatic rings. The first-order valence-electron chi connectivity index (χ1n) is 9.52. The van der Waals surface area contributed by atoms with Gasteiger partial charge in [0.25, 0.3) is 5.91 Å². The monoisotopic (exact) mass is 354 g/mol. The Labute approximate surface area is 154 Å². The average molecular weight is 354 g/mol. The van der Waals surface area contributed by atoms with Crippen LogP contribution in [0.15, 0.2) is 36.7 Å². The summed E-state index contributed by atoms with van der Waals surface area (Å²) >= 11 is 0. The topological polar surface area (TPSA) is 59.4 Å². The van der Waals surface area contributed by atoms with Crippen LogP contribution >= 0.6 is 0 Å². The number of carbonyl (C=O) groups is 1. The van der Waals surface area contributed by atoms with Crippen molar-refractivity contribution in [2.75, 3.05) is 25.0 Å². The minimum absolute atomic E-state index is 0.0191. The molecule has 0 unspecified atom stereocenters. The van der Waals surface area contributed by atoms with Crippen molar-refractivity contribution in [1.29, 1.82) is 0 Å². The van der Waals surface area contributed by atoms with E-state index in [0.717, 1.165) is 57.5 Å². The first kappa shape index (κ1) is 17.2. The van der Waals surface area contributed by atoms with E-state index in [1.807, 2.05) is 29.2 Å². The molecular formula is C20H26N4O2. The van der Waals surface area contributed by atoms with Gasteiger partial charge in [0.1, 0.15) is 6.10 Å². The number of rotatable bonds is 6. The van der Waals surface area contributed by atoms with E-state index in [-0.39, 0.29) is 12.0 Å². The molecule has 4 rings (SSSR count). The van der Waals surface area contributed by atoms with Gasteiger partial charge in [0.05, 0.1) is 0 Å². The molecule has 1 aromatic heterocycles. The van der Waals surface area contributed by atoms with Gasteiger partial charge in [-0.15, -0.1) is 0 Å². The maximum atomic E-state index is 12.2. The van der Waals surface area contributed by atoms with Gasteiger partial charge < -0.3 is 10.1 Å². The number of amides is 1. The Morgan fingerprint density at radius 1 is 1.31 bits per heavy atom. The molecule has 2 aliphatic heterocycles. The first-order valence-corrected chi connectivity index (χ1v) is 9.52. The molecule has 0 radical (unpaired) electrons. The lowest BCUT2D eigenvalue weighted by Gasteiger charge is -2.29. The van der Waals surface area contributed by atoms with Gasteiger partial charge >= 0.3 is 0 Å². The molecule has 6 heteroatoms. The lowest BCUT2D eigenvalue weighted by Crippen LogP contribution is -2.32. The van der Waals surface area contributed by atoms with Crippen molar-refractivity contribution < 1.29 is 9.53 Å². The quantitative estimate of drug-likeness (QED) is 0.866. The van der Waals surface area contributed by atoms with Crippen LogP contribution in [0.4, 0.5) is 5.69 Å². The number of nitrogens with one attached hydrogen (secondary N) is 1. The van der Waals surface area contributed by atoms with E-state index in [4.69, 9.17) is 4.74 Å². The van der Waals surface area contributed by atoms with Crippen LogP contribution in [0, 0.1) is 0 Å². The van der Waals surface area contributed by atoms with E-state index in [2.05, 4.69) is 27.4 Å². The predicted molar refractivity (Wildman–Crippen MR) is 99.9 cm³/mol. The minimum Gasteiger partial charge on any atom is -0.368 e. The van der Waals surface area contributed by atoms with Crippen LogP contribution in [0.2, 0.25) is 0 Å². The minimum atomic E-state index is -0.287. The summed E-state index contributed by atoms with van der Waals surface area (Å²) < 4.78 is 7.45. The van der Waals surface area contributed by atoms with E-state index >= 15 is 0 Å². The number of benzene rings is 1. The summed E-state index contributed by atoms with van der Waals surface area (Å²) in [6, 6.07) is 8.26. The maximum absolute atomic E-state index is 12.2. The molecular weight excluding hydrogens is 328 g/mol. The Kier molecular flexibility index (Phi) is 5.32. The second-order valence-electron chi connectivity index (χ2n) is 7.12. The van der Waals surface area contributed by atoms with Gasteiger partial charge in [0.15, 0.2) is 0 Å². The van der Waals surface area contributed by atoms with Crippen molar-refractivity contribution >= 4 is 11.6 Å². The third kappa shape index (κ3) is 4.14. The number of ether oxygens (including phenoxy) is 1. The van der Waals surface area contributed by atoms with Crippen LogP contribution in [0.5, 0.6) is 0 Å². The van der Waals surface area contributed by atoms with E-state index in [1.165, 1.54) is 11.1 Å². The second-order valence-corrected chi connectivity index (χ2v) is 7.12. The van der Waals surface area contributed by atoms with Crippen molar-refractivity contribution in [3.63, 3.8) is 0 Å². The molecule has 1 amide bonds. The summed E-state index contributed by atoms with van der Waals surface area (Å²) in [6.45, 7) is 4.74. The molecule has 0 bridgehead atoms. The van der Waals surface area contributed by atoms with E-state index in [9.17, 15) is 4.79 Å². The normalized spacial score (nSPS) is 20.1. The molecule has 6 nitrogen and oxygen atoms in total. The van der Waals surface area contributed by atoms with Crippen LogP contribution < -0.4 is 5.32 Å². The van der Waals surface area contributed by atoms with Gasteiger partial charge in [-0.1, -0.05) is 6.07 Å². The Morgan fingerprint density at radius 3 is 3.08 bits per heavy atom. The predicted octanol–water partition coefficient (Wildman–Crippen LogP) is 2.45. The van der Waals surface area contributed by atoms with Crippen molar-refractivity contribution in [2.24, 2.45) is 0 Å². The number of aryl methyl sites for hydroxylation is 1. The first-order chi connectivity index (χ1) is 12.8. The average Bonchev–Trinajstić information content (AvgIpc) is 3.35. The number of hydrogen-bond donors (Lipinski definition) is 1. The number of fused-ring (bicyclic) bond motifs is 1. The third-order valence-electron chi connectivity index (χ3n) is 5.21. The number of anilines is 1. The van der Waals surface area contributed by atoms with Crippen LogP contribution in [0.25, 0.3) is 0 Å². The smallest absolute Gasteiger partial charge is 0.253 e. The molecule has 0 spiro atoms. The Hall–Kier alpha value is -2.18. The van der Waals surface area contributed by atoms with Crippen molar-refractivity contribution in [2.45, 2.75) is 44.9 Å². The summed E-state index contributed by atoms with van der Waals surface area (Å²) in [4.78, 5) is 14.7. The molecule has 3 heterocycles. The van der Waals surface area contributed by atoms with Crippen LogP contribution in [0.3, 0.4) is 0 Å². The van der Waals surface area contributed by atoms with Crippen LogP contribution in [-0.2, 0) is 29.0 Å². The molecule has 1 atom stereocenters. The molecule has 0 saturated carbocycles. The summed E-state index contributed by atoms with van der Waals surface area (Å²) in [6.07, 6.45) is 7.49. The second kappa shape index (κ2) is 8.01. The van der Waals surface area contributed by atoms with Gasteiger partial charge in [-0.05, 0) is 55.0 Å². The van der Waals surface area contributed by atoms with E-state index in [0.29, 0.717) is 6.61 Å². The van der Waals surface area contributed by atoms with Gasteiger partial charge in [0.2, 0.25) is 0 Å². The SMILES string of the molecule is O=C(Nc1ccc2c(c1)CN(CCCn1cccn1)CC2)[C@@H]1CCCO1. The molecule has 0 aliphatic carbocycles. The Balaban J connectivity index is 1.32. The van der Waals surface area contributed by atoms with Crippen molar-refractivity contribution in [3.8, 4) is 0 Å². The fourth-order valence-electron chi connectivity index (χ4n) is 3.78. The van der Waals surface area contributed by atoms with Crippen LogP contribution in [-0.4, -0.2) is 46.4 Å². The lowest BCUT2D eigenvalue weighted by molar-refractivity contribution is -0.124. The molecule has 2 aromatic rings. The largest absolute Gasteiger partial charge is 0.368 e. The number of carbonyl (C=O) groups excluding carboxylic acids is 1. The third-order valence-corrected chi connectivity index (χ3v) is 5.21. The van der Waals surface area contributed by atoms with Crippen LogP contribution in [0.1, 0.15) is 30.4 Å². The summed E-state index contributed by atoms with van der Waals surface area (Å²) in [7, 11) is 0. The highest BCUT2D eigenvalue weighted by molar-refractivity contribution is 5.94. The molecule has 1 fully saturated rings. The fraction of sp³-hybridized carbons (Fsp3) is 0.500. The zero-order chi connectivity index (χ0) is 17.8. The zero-order valence-corrected chi connectivity index (χ0v) is 15.1. The highest BCUT2D eigenvalue weighted by Gasteiger charge is 2.24.